The molecule has 2 unspecified atom stereocenters. The maximum atomic E-state index is 4.75. The van der Waals surface area contributed by atoms with E-state index in [2.05, 4.69) is 30.9 Å². The van der Waals surface area contributed by atoms with Crippen LogP contribution in [0.3, 0.4) is 0 Å². The minimum Gasteiger partial charge on any atom is -0.364 e. The van der Waals surface area contributed by atoms with E-state index in [9.17, 15) is 0 Å². The molecule has 3 heteroatoms. The van der Waals surface area contributed by atoms with Crippen molar-refractivity contribution in [2.24, 2.45) is 5.92 Å². The van der Waals surface area contributed by atoms with Crippen molar-refractivity contribution in [3.8, 4) is 0 Å². The molecule has 0 aliphatic carbocycles. The molecule has 0 aliphatic rings. The normalized spacial score (nSPS) is 15.0. The molecular weight excluding hydrogens is 176 g/mol. The Morgan fingerprint density at radius 2 is 2.43 bits per heavy atom. The Morgan fingerprint density at radius 3 is 3.00 bits per heavy atom. The first-order valence-corrected chi connectivity index (χ1v) is 4.97. The van der Waals surface area contributed by atoms with Gasteiger partial charge in [0, 0.05) is 18.7 Å². The maximum absolute atomic E-state index is 4.75. The van der Waals surface area contributed by atoms with Crippen LogP contribution in [0, 0.1) is 5.92 Å². The van der Waals surface area contributed by atoms with E-state index in [0.29, 0.717) is 12.0 Å². The van der Waals surface area contributed by atoms with Crippen LogP contribution in [0.25, 0.3) is 0 Å². The Morgan fingerprint density at radius 1 is 1.64 bits per heavy atom. The summed E-state index contributed by atoms with van der Waals surface area (Å²) < 4.78 is 4.75. The molecule has 0 saturated heterocycles. The first-order chi connectivity index (χ1) is 6.74. The van der Waals surface area contributed by atoms with Crippen molar-refractivity contribution in [2.45, 2.75) is 32.9 Å². The molecule has 2 atom stereocenters. The highest BCUT2D eigenvalue weighted by molar-refractivity contribution is 4.94. The highest BCUT2D eigenvalue weighted by atomic mass is 16.5. The zero-order valence-electron chi connectivity index (χ0n) is 8.86. The molecule has 0 spiro atoms. The molecular formula is C11H18N2O. The molecule has 78 valence electrons. The van der Waals surface area contributed by atoms with Crippen molar-refractivity contribution in [2.75, 3.05) is 0 Å². The highest BCUT2D eigenvalue weighted by Gasteiger charge is 2.10. The van der Waals surface area contributed by atoms with E-state index in [1.165, 1.54) is 0 Å². The molecule has 14 heavy (non-hydrogen) atoms. The van der Waals surface area contributed by atoms with Gasteiger partial charge in [0.25, 0.3) is 0 Å². The molecule has 3 nitrogen and oxygen atoms in total. The van der Waals surface area contributed by atoms with Gasteiger partial charge in [0.15, 0.2) is 0 Å². The minimum absolute atomic E-state index is 0.463. The summed E-state index contributed by atoms with van der Waals surface area (Å²) in [5.41, 5.74) is 0.947. The average Bonchev–Trinajstić information content (AvgIpc) is 2.67. The summed E-state index contributed by atoms with van der Waals surface area (Å²) in [4.78, 5) is 0. The van der Waals surface area contributed by atoms with Crippen molar-refractivity contribution in [1.82, 2.24) is 10.5 Å². The van der Waals surface area contributed by atoms with Gasteiger partial charge in [-0.15, -0.1) is 6.58 Å². The Balaban J connectivity index is 2.27. The van der Waals surface area contributed by atoms with Gasteiger partial charge in [-0.2, -0.15) is 0 Å². The lowest BCUT2D eigenvalue weighted by Crippen LogP contribution is -2.31. The lowest BCUT2D eigenvalue weighted by molar-refractivity contribution is 0.381. The van der Waals surface area contributed by atoms with Crippen LogP contribution in [0.15, 0.2) is 29.5 Å². The van der Waals surface area contributed by atoms with Gasteiger partial charge in [-0.05, 0) is 19.3 Å². The minimum atomic E-state index is 0.463. The molecule has 0 radical (unpaired) electrons. The summed E-state index contributed by atoms with van der Waals surface area (Å²) >= 11 is 0. The predicted molar refractivity (Wildman–Crippen MR) is 56.8 cm³/mol. The second-order valence-corrected chi connectivity index (χ2v) is 3.66. The van der Waals surface area contributed by atoms with Crippen LogP contribution in [-0.4, -0.2) is 11.2 Å². The third-order valence-corrected chi connectivity index (χ3v) is 2.49. The average molecular weight is 194 g/mol. The Kier molecular flexibility index (Phi) is 4.40. The second kappa shape index (κ2) is 5.60. The molecule has 0 amide bonds. The molecule has 0 aromatic carbocycles. The summed E-state index contributed by atoms with van der Waals surface area (Å²) in [6, 6.07) is 2.34. The second-order valence-electron chi connectivity index (χ2n) is 3.66. The molecule has 1 heterocycles. The fourth-order valence-electron chi connectivity index (χ4n) is 1.26. The van der Waals surface area contributed by atoms with Crippen molar-refractivity contribution in [1.29, 1.82) is 0 Å². The highest BCUT2D eigenvalue weighted by Crippen LogP contribution is 2.08. The molecule has 0 saturated carbocycles. The summed E-state index contributed by atoms with van der Waals surface area (Å²) in [6.45, 7) is 8.89. The van der Waals surface area contributed by atoms with Gasteiger partial charge < -0.3 is 9.84 Å². The van der Waals surface area contributed by atoms with E-state index in [0.717, 1.165) is 18.7 Å². The third kappa shape index (κ3) is 3.34. The number of nitrogens with zero attached hydrogens (tertiary/aromatic N) is 1. The van der Waals surface area contributed by atoms with Gasteiger partial charge in [-0.1, -0.05) is 18.2 Å². The van der Waals surface area contributed by atoms with Gasteiger partial charge in [0.1, 0.15) is 6.26 Å². The summed E-state index contributed by atoms with van der Waals surface area (Å²) in [5.74, 6) is 0.597. The van der Waals surface area contributed by atoms with Crippen LogP contribution >= 0.6 is 0 Å². The van der Waals surface area contributed by atoms with Crippen LogP contribution in [0.1, 0.15) is 26.0 Å². The van der Waals surface area contributed by atoms with Crippen molar-refractivity contribution in [3.63, 3.8) is 0 Å². The largest absolute Gasteiger partial charge is 0.364 e. The van der Waals surface area contributed by atoms with Gasteiger partial charge in [-0.3, -0.25) is 0 Å². The summed E-state index contributed by atoms with van der Waals surface area (Å²) in [6.07, 6.45) is 4.58. The number of allylic oxidation sites excluding steroid dienone is 1. The molecule has 1 aromatic heterocycles. The Labute approximate surface area is 85.2 Å². The molecule has 0 aliphatic heterocycles. The smallest absolute Gasteiger partial charge is 0.124 e. The standard InChI is InChI=1S/C11H18N2O/c1-4-5-9(2)10(3)12-8-11-6-7-14-13-11/h4,6-7,9-10,12H,1,5,8H2,2-3H3. The zero-order valence-corrected chi connectivity index (χ0v) is 8.86. The van der Waals surface area contributed by atoms with Gasteiger partial charge in [0.05, 0.1) is 5.69 Å². The SMILES string of the molecule is C=CCC(C)C(C)NCc1ccon1. The van der Waals surface area contributed by atoms with E-state index < -0.39 is 0 Å². The number of hydrogen-bond acceptors (Lipinski definition) is 3. The molecule has 0 bridgehead atoms. The van der Waals surface area contributed by atoms with Crippen molar-refractivity contribution < 1.29 is 4.52 Å². The van der Waals surface area contributed by atoms with Gasteiger partial charge in [-0.25, -0.2) is 0 Å². The number of hydrogen-bond donors (Lipinski definition) is 1. The van der Waals surface area contributed by atoms with Gasteiger partial charge in [0.2, 0.25) is 0 Å². The van der Waals surface area contributed by atoms with E-state index in [1.54, 1.807) is 6.26 Å². The van der Waals surface area contributed by atoms with E-state index in [-0.39, 0.29) is 0 Å². The lowest BCUT2D eigenvalue weighted by Gasteiger charge is -2.19. The van der Waals surface area contributed by atoms with Crippen LogP contribution in [0.5, 0.6) is 0 Å². The van der Waals surface area contributed by atoms with E-state index >= 15 is 0 Å². The molecule has 1 N–H and O–H groups in total. The fourth-order valence-corrected chi connectivity index (χ4v) is 1.26. The van der Waals surface area contributed by atoms with E-state index in [1.807, 2.05) is 12.1 Å². The summed E-state index contributed by atoms with van der Waals surface area (Å²) in [7, 11) is 0. The van der Waals surface area contributed by atoms with Crippen molar-refractivity contribution >= 4 is 0 Å². The Bertz CT molecular complexity index is 256. The molecule has 0 fully saturated rings. The van der Waals surface area contributed by atoms with Crippen LogP contribution in [0.4, 0.5) is 0 Å². The van der Waals surface area contributed by atoms with E-state index in [4.69, 9.17) is 4.52 Å². The van der Waals surface area contributed by atoms with Crippen LogP contribution in [0.2, 0.25) is 0 Å². The van der Waals surface area contributed by atoms with Gasteiger partial charge >= 0.3 is 0 Å². The molecule has 1 aromatic rings. The fraction of sp³-hybridized carbons (Fsp3) is 0.545. The summed E-state index contributed by atoms with van der Waals surface area (Å²) in [5, 5.41) is 7.24. The van der Waals surface area contributed by atoms with Crippen LogP contribution in [-0.2, 0) is 6.54 Å². The first kappa shape index (κ1) is 11.0. The lowest BCUT2D eigenvalue weighted by atomic mass is 10.00. The first-order valence-electron chi connectivity index (χ1n) is 4.97. The Hall–Kier alpha value is -1.09. The van der Waals surface area contributed by atoms with Crippen molar-refractivity contribution in [3.05, 3.63) is 30.7 Å². The number of rotatable bonds is 6. The zero-order chi connectivity index (χ0) is 10.4. The third-order valence-electron chi connectivity index (χ3n) is 2.49. The maximum Gasteiger partial charge on any atom is 0.124 e. The number of aromatic nitrogens is 1. The van der Waals surface area contributed by atoms with Crippen LogP contribution < -0.4 is 5.32 Å². The quantitative estimate of drug-likeness (QED) is 0.706. The predicted octanol–water partition coefficient (Wildman–Crippen LogP) is 2.36. The number of nitrogens with one attached hydrogen (secondary N) is 1. The monoisotopic (exact) mass is 194 g/mol. The topological polar surface area (TPSA) is 38.1 Å². The molecule has 1 rings (SSSR count).